The minimum atomic E-state index is 0.714. The molecule has 0 saturated heterocycles. The van der Waals surface area contributed by atoms with E-state index < -0.39 is 0 Å². The molecule has 3 nitrogen and oxygen atoms in total. The van der Waals surface area contributed by atoms with Crippen molar-refractivity contribution >= 4 is 38.4 Å². The summed E-state index contributed by atoms with van der Waals surface area (Å²) in [5, 5.41) is 8.44. The van der Waals surface area contributed by atoms with Crippen molar-refractivity contribution in [1.82, 2.24) is 5.16 Å². The minimum Gasteiger partial charge on any atom is -0.354 e. The number of rotatable bonds is 3. The molecule has 1 aromatic heterocycles. The summed E-state index contributed by atoms with van der Waals surface area (Å²) >= 11 is 3.71. The predicted octanol–water partition coefficient (Wildman–Crippen LogP) is 6.00. The standard InChI is InChI=1S/C19H13BrN2O/c20-18-14(13-7-2-1-3-8-13)10-6-11-16(18)21-19-15-9-4-5-12-17(15)23-22-19/h1-12H,(H,21,22). The maximum absolute atomic E-state index is 5.35. The molecule has 4 heteroatoms. The van der Waals surface area contributed by atoms with Crippen molar-refractivity contribution < 1.29 is 4.52 Å². The molecule has 3 aromatic carbocycles. The van der Waals surface area contributed by atoms with Crippen molar-refractivity contribution in [3.63, 3.8) is 0 Å². The minimum absolute atomic E-state index is 0.714. The maximum Gasteiger partial charge on any atom is 0.181 e. The van der Waals surface area contributed by atoms with E-state index in [0.29, 0.717) is 5.82 Å². The second-order valence-corrected chi connectivity index (χ2v) is 5.98. The molecule has 0 unspecified atom stereocenters. The van der Waals surface area contributed by atoms with Gasteiger partial charge in [-0.15, -0.1) is 0 Å². The van der Waals surface area contributed by atoms with Crippen LogP contribution in [0.3, 0.4) is 0 Å². The van der Waals surface area contributed by atoms with E-state index in [1.807, 2.05) is 54.6 Å². The largest absolute Gasteiger partial charge is 0.354 e. The summed E-state index contributed by atoms with van der Waals surface area (Å²) in [6.07, 6.45) is 0. The van der Waals surface area contributed by atoms with E-state index in [2.05, 4.69) is 44.6 Å². The van der Waals surface area contributed by atoms with E-state index in [4.69, 9.17) is 4.52 Å². The molecule has 0 saturated carbocycles. The van der Waals surface area contributed by atoms with Gasteiger partial charge in [0.2, 0.25) is 0 Å². The summed E-state index contributed by atoms with van der Waals surface area (Å²) in [5.74, 6) is 0.714. The molecule has 0 aliphatic carbocycles. The van der Waals surface area contributed by atoms with Gasteiger partial charge in [-0.2, -0.15) is 0 Å². The molecular weight excluding hydrogens is 352 g/mol. The lowest BCUT2D eigenvalue weighted by molar-refractivity contribution is 0.460. The smallest absolute Gasteiger partial charge is 0.181 e. The predicted molar refractivity (Wildman–Crippen MR) is 96.9 cm³/mol. The number of halogens is 1. The van der Waals surface area contributed by atoms with E-state index in [1.165, 1.54) is 0 Å². The summed E-state index contributed by atoms with van der Waals surface area (Å²) in [6.45, 7) is 0. The molecule has 0 fully saturated rings. The summed E-state index contributed by atoms with van der Waals surface area (Å²) in [5.41, 5.74) is 4.01. The molecule has 0 bridgehead atoms. The molecule has 0 aliphatic rings. The molecule has 23 heavy (non-hydrogen) atoms. The van der Waals surface area contributed by atoms with Crippen LogP contribution in [0.15, 0.2) is 81.8 Å². The second kappa shape index (κ2) is 5.89. The van der Waals surface area contributed by atoms with Crippen LogP contribution in [-0.2, 0) is 0 Å². The first-order valence-electron chi connectivity index (χ1n) is 7.28. The van der Waals surface area contributed by atoms with Gasteiger partial charge in [0.05, 0.1) is 11.1 Å². The Morgan fingerprint density at radius 1 is 0.826 bits per heavy atom. The molecule has 112 valence electrons. The van der Waals surface area contributed by atoms with Crippen LogP contribution in [0.4, 0.5) is 11.5 Å². The van der Waals surface area contributed by atoms with Crippen LogP contribution in [0.2, 0.25) is 0 Å². The third-order valence-corrected chi connectivity index (χ3v) is 4.57. The molecule has 0 radical (unpaired) electrons. The van der Waals surface area contributed by atoms with Crippen LogP contribution in [0, 0.1) is 0 Å². The maximum atomic E-state index is 5.35. The van der Waals surface area contributed by atoms with Gasteiger partial charge in [0, 0.05) is 4.47 Å². The van der Waals surface area contributed by atoms with Gasteiger partial charge in [0.15, 0.2) is 11.4 Å². The Balaban J connectivity index is 1.76. The number of anilines is 2. The molecule has 4 rings (SSSR count). The van der Waals surface area contributed by atoms with E-state index in [0.717, 1.165) is 32.3 Å². The highest BCUT2D eigenvalue weighted by atomic mass is 79.9. The zero-order chi connectivity index (χ0) is 15.6. The number of nitrogens with one attached hydrogen (secondary N) is 1. The Labute approximate surface area is 142 Å². The number of hydrogen-bond donors (Lipinski definition) is 1. The molecule has 4 aromatic rings. The summed E-state index contributed by atoms with van der Waals surface area (Å²) in [7, 11) is 0. The second-order valence-electron chi connectivity index (χ2n) is 5.19. The quantitative estimate of drug-likeness (QED) is 0.484. The first-order chi connectivity index (χ1) is 11.3. The van der Waals surface area contributed by atoms with Crippen LogP contribution >= 0.6 is 15.9 Å². The summed E-state index contributed by atoms with van der Waals surface area (Å²) in [4.78, 5) is 0. The Kier molecular flexibility index (Phi) is 3.60. The summed E-state index contributed by atoms with van der Waals surface area (Å²) in [6, 6.07) is 24.2. The van der Waals surface area contributed by atoms with Crippen LogP contribution in [0.5, 0.6) is 0 Å². The van der Waals surface area contributed by atoms with E-state index in [1.54, 1.807) is 0 Å². The lowest BCUT2D eigenvalue weighted by Gasteiger charge is -2.11. The Hall–Kier alpha value is -2.59. The number of aromatic nitrogens is 1. The normalized spacial score (nSPS) is 10.8. The lowest BCUT2D eigenvalue weighted by atomic mass is 10.1. The number of fused-ring (bicyclic) bond motifs is 1. The van der Waals surface area contributed by atoms with Crippen molar-refractivity contribution in [3.05, 3.63) is 77.3 Å². The molecule has 0 spiro atoms. The molecule has 0 aliphatic heterocycles. The first kappa shape index (κ1) is 14.0. The van der Waals surface area contributed by atoms with Crippen molar-refractivity contribution in [2.24, 2.45) is 0 Å². The fourth-order valence-corrected chi connectivity index (χ4v) is 3.17. The molecule has 0 atom stereocenters. The van der Waals surface area contributed by atoms with Gasteiger partial charge in [0.1, 0.15) is 0 Å². The van der Waals surface area contributed by atoms with Crippen molar-refractivity contribution in [2.75, 3.05) is 5.32 Å². The van der Waals surface area contributed by atoms with Gasteiger partial charge in [-0.25, -0.2) is 0 Å². The average Bonchev–Trinajstić information content (AvgIpc) is 3.01. The molecule has 1 heterocycles. The van der Waals surface area contributed by atoms with Gasteiger partial charge in [-0.05, 0) is 45.3 Å². The van der Waals surface area contributed by atoms with Crippen LogP contribution in [0.25, 0.3) is 22.1 Å². The van der Waals surface area contributed by atoms with Gasteiger partial charge < -0.3 is 9.84 Å². The number of nitrogens with zero attached hydrogens (tertiary/aromatic N) is 1. The monoisotopic (exact) mass is 364 g/mol. The Morgan fingerprint density at radius 3 is 2.48 bits per heavy atom. The highest BCUT2D eigenvalue weighted by Crippen LogP contribution is 2.36. The van der Waals surface area contributed by atoms with E-state index >= 15 is 0 Å². The lowest BCUT2D eigenvalue weighted by Crippen LogP contribution is -1.93. The van der Waals surface area contributed by atoms with Crippen molar-refractivity contribution in [3.8, 4) is 11.1 Å². The number of hydrogen-bond acceptors (Lipinski definition) is 3. The van der Waals surface area contributed by atoms with E-state index in [-0.39, 0.29) is 0 Å². The molecule has 1 N–H and O–H groups in total. The van der Waals surface area contributed by atoms with Crippen LogP contribution in [-0.4, -0.2) is 5.16 Å². The van der Waals surface area contributed by atoms with Gasteiger partial charge in [-0.3, -0.25) is 0 Å². The summed E-state index contributed by atoms with van der Waals surface area (Å²) < 4.78 is 6.35. The zero-order valence-electron chi connectivity index (χ0n) is 12.2. The highest BCUT2D eigenvalue weighted by molar-refractivity contribution is 9.10. The third-order valence-electron chi connectivity index (χ3n) is 3.71. The Morgan fingerprint density at radius 2 is 1.61 bits per heavy atom. The SMILES string of the molecule is Brc1c(Nc2noc3ccccc23)cccc1-c1ccccc1. The highest BCUT2D eigenvalue weighted by Gasteiger charge is 2.11. The van der Waals surface area contributed by atoms with Crippen LogP contribution < -0.4 is 5.32 Å². The van der Waals surface area contributed by atoms with Gasteiger partial charge >= 0.3 is 0 Å². The number of benzene rings is 3. The first-order valence-corrected chi connectivity index (χ1v) is 8.07. The fourth-order valence-electron chi connectivity index (χ4n) is 2.57. The topological polar surface area (TPSA) is 38.1 Å². The van der Waals surface area contributed by atoms with Crippen LogP contribution in [0.1, 0.15) is 0 Å². The van der Waals surface area contributed by atoms with Gasteiger partial charge in [0.25, 0.3) is 0 Å². The van der Waals surface area contributed by atoms with Crippen molar-refractivity contribution in [1.29, 1.82) is 0 Å². The average molecular weight is 365 g/mol. The zero-order valence-corrected chi connectivity index (χ0v) is 13.7. The molecular formula is C19H13BrN2O. The van der Waals surface area contributed by atoms with E-state index in [9.17, 15) is 0 Å². The Bertz CT molecular complexity index is 963. The van der Waals surface area contributed by atoms with Crippen molar-refractivity contribution in [2.45, 2.75) is 0 Å². The van der Waals surface area contributed by atoms with Gasteiger partial charge in [-0.1, -0.05) is 59.8 Å². The fraction of sp³-hybridized carbons (Fsp3) is 0. The third kappa shape index (κ3) is 2.62. The molecule has 0 amide bonds. The number of para-hydroxylation sites is 1.